The number of benzene rings is 1. The summed E-state index contributed by atoms with van der Waals surface area (Å²) in [5, 5.41) is 12.4. The number of amides is 1. The molecule has 1 rings (SSSR count). The number of phenols is 1. The van der Waals surface area contributed by atoms with Gasteiger partial charge in [-0.2, -0.15) is 0 Å². The van der Waals surface area contributed by atoms with E-state index in [1.54, 1.807) is 19.1 Å². The number of hydrogen-bond acceptors (Lipinski definition) is 3. The van der Waals surface area contributed by atoms with Crippen LogP contribution in [0.1, 0.15) is 29.8 Å². The van der Waals surface area contributed by atoms with Crippen molar-refractivity contribution in [3.63, 3.8) is 0 Å². The van der Waals surface area contributed by atoms with E-state index in [1.807, 2.05) is 13.8 Å². The molecule has 0 radical (unpaired) electrons. The van der Waals surface area contributed by atoms with E-state index in [9.17, 15) is 9.90 Å². The van der Waals surface area contributed by atoms with Gasteiger partial charge in [-0.05, 0) is 30.5 Å². The number of nitrogens with one attached hydrogen (secondary N) is 1. The molecule has 4 heteroatoms. The van der Waals surface area contributed by atoms with Crippen molar-refractivity contribution < 1.29 is 9.90 Å². The van der Waals surface area contributed by atoms with E-state index in [-0.39, 0.29) is 23.6 Å². The van der Waals surface area contributed by atoms with E-state index in [1.165, 1.54) is 6.07 Å². The number of aryl methyl sites for hydroxylation is 1. The lowest BCUT2D eigenvalue weighted by Crippen LogP contribution is -2.43. The zero-order valence-corrected chi connectivity index (χ0v) is 10.5. The van der Waals surface area contributed by atoms with Crippen LogP contribution < -0.4 is 11.1 Å². The van der Waals surface area contributed by atoms with E-state index >= 15 is 0 Å². The molecule has 0 saturated carbocycles. The smallest absolute Gasteiger partial charge is 0.251 e. The zero-order valence-electron chi connectivity index (χ0n) is 10.5. The molecule has 0 aliphatic heterocycles. The number of aromatic hydroxyl groups is 1. The van der Waals surface area contributed by atoms with Crippen LogP contribution in [-0.4, -0.2) is 23.6 Å². The maximum atomic E-state index is 11.9. The summed E-state index contributed by atoms with van der Waals surface area (Å²) in [7, 11) is 0. The first kappa shape index (κ1) is 13.5. The average molecular weight is 236 g/mol. The van der Waals surface area contributed by atoms with Crippen molar-refractivity contribution in [3.8, 4) is 5.75 Å². The van der Waals surface area contributed by atoms with Crippen molar-refractivity contribution in [2.45, 2.75) is 26.8 Å². The minimum Gasteiger partial charge on any atom is -0.508 e. The zero-order chi connectivity index (χ0) is 13.0. The lowest BCUT2D eigenvalue weighted by atomic mass is 10.0. The fraction of sp³-hybridized carbons (Fsp3) is 0.462. The number of nitrogens with two attached hydrogens (primary N) is 1. The summed E-state index contributed by atoms with van der Waals surface area (Å²) in [6.07, 6.45) is 0. The summed E-state index contributed by atoms with van der Waals surface area (Å²) >= 11 is 0. The maximum Gasteiger partial charge on any atom is 0.251 e. The normalized spacial score (nSPS) is 12.5. The Morgan fingerprint density at radius 3 is 2.59 bits per heavy atom. The quantitative estimate of drug-likeness (QED) is 0.740. The monoisotopic (exact) mass is 236 g/mol. The third kappa shape index (κ3) is 3.46. The first-order valence-corrected chi connectivity index (χ1v) is 5.76. The SMILES string of the molecule is Cc1ccc(C(=O)NC(CN)C(C)C)cc1O. The molecule has 1 unspecified atom stereocenters. The van der Waals surface area contributed by atoms with Gasteiger partial charge >= 0.3 is 0 Å². The second kappa shape index (κ2) is 5.68. The van der Waals surface area contributed by atoms with Crippen molar-refractivity contribution >= 4 is 5.91 Å². The van der Waals surface area contributed by atoms with E-state index in [4.69, 9.17) is 5.73 Å². The minimum absolute atomic E-state index is 0.0501. The first-order valence-electron chi connectivity index (χ1n) is 5.76. The van der Waals surface area contributed by atoms with Crippen molar-refractivity contribution in [3.05, 3.63) is 29.3 Å². The Morgan fingerprint density at radius 2 is 2.12 bits per heavy atom. The Labute approximate surface area is 102 Å². The number of carbonyl (C=O) groups excluding carboxylic acids is 1. The predicted molar refractivity (Wildman–Crippen MR) is 68.0 cm³/mol. The van der Waals surface area contributed by atoms with Gasteiger partial charge in [-0.1, -0.05) is 19.9 Å². The Hall–Kier alpha value is -1.55. The number of rotatable bonds is 4. The third-order valence-corrected chi connectivity index (χ3v) is 2.85. The van der Waals surface area contributed by atoms with E-state index < -0.39 is 0 Å². The molecule has 94 valence electrons. The van der Waals surface area contributed by atoms with E-state index in [2.05, 4.69) is 5.32 Å². The van der Waals surface area contributed by atoms with Crippen LogP contribution >= 0.6 is 0 Å². The van der Waals surface area contributed by atoms with Gasteiger partial charge in [-0.3, -0.25) is 4.79 Å². The Morgan fingerprint density at radius 1 is 1.47 bits per heavy atom. The van der Waals surface area contributed by atoms with Crippen LogP contribution in [0.25, 0.3) is 0 Å². The Kier molecular flexibility index (Phi) is 4.52. The van der Waals surface area contributed by atoms with Gasteiger partial charge in [-0.25, -0.2) is 0 Å². The van der Waals surface area contributed by atoms with Gasteiger partial charge in [0.15, 0.2) is 0 Å². The highest BCUT2D eigenvalue weighted by Crippen LogP contribution is 2.17. The first-order chi connectivity index (χ1) is 7.95. The molecule has 4 N–H and O–H groups in total. The van der Waals surface area contributed by atoms with Crippen molar-refractivity contribution in [2.75, 3.05) is 6.54 Å². The lowest BCUT2D eigenvalue weighted by Gasteiger charge is -2.20. The summed E-state index contributed by atoms with van der Waals surface area (Å²) in [6, 6.07) is 4.83. The Balaban J connectivity index is 2.79. The molecule has 4 nitrogen and oxygen atoms in total. The van der Waals surface area contributed by atoms with Crippen LogP contribution in [0, 0.1) is 12.8 Å². The van der Waals surface area contributed by atoms with Gasteiger partial charge in [0, 0.05) is 18.2 Å². The predicted octanol–water partition coefficient (Wildman–Crippen LogP) is 1.41. The van der Waals surface area contributed by atoms with E-state index in [0.717, 1.165) is 5.56 Å². The summed E-state index contributed by atoms with van der Waals surface area (Å²) in [5.41, 5.74) is 6.79. The molecule has 0 heterocycles. The summed E-state index contributed by atoms with van der Waals surface area (Å²) in [4.78, 5) is 11.9. The molecule has 0 aliphatic rings. The van der Waals surface area contributed by atoms with Crippen LogP contribution in [0.4, 0.5) is 0 Å². The molecule has 0 bridgehead atoms. The second-order valence-corrected chi connectivity index (χ2v) is 4.56. The molecule has 17 heavy (non-hydrogen) atoms. The van der Waals surface area contributed by atoms with Crippen LogP contribution in [0.5, 0.6) is 5.75 Å². The van der Waals surface area contributed by atoms with Crippen LogP contribution in [-0.2, 0) is 0 Å². The molecule has 0 spiro atoms. The molecule has 0 fully saturated rings. The number of carbonyl (C=O) groups is 1. The van der Waals surface area contributed by atoms with Gasteiger partial charge in [0.25, 0.3) is 5.91 Å². The van der Waals surface area contributed by atoms with E-state index in [0.29, 0.717) is 12.1 Å². The topological polar surface area (TPSA) is 75.4 Å². The van der Waals surface area contributed by atoms with Crippen LogP contribution in [0.3, 0.4) is 0 Å². The fourth-order valence-corrected chi connectivity index (χ4v) is 1.50. The molecular formula is C13H20N2O2. The third-order valence-electron chi connectivity index (χ3n) is 2.85. The highest BCUT2D eigenvalue weighted by atomic mass is 16.3. The second-order valence-electron chi connectivity index (χ2n) is 4.56. The Bertz CT molecular complexity index is 402. The molecule has 1 aromatic rings. The highest BCUT2D eigenvalue weighted by Gasteiger charge is 2.15. The van der Waals surface area contributed by atoms with Gasteiger partial charge in [0.05, 0.1) is 0 Å². The highest BCUT2D eigenvalue weighted by molar-refractivity contribution is 5.94. The average Bonchev–Trinajstić information content (AvgIpc) is 2.28. The molecule has 1 amide bonds. The largest absolute Gasteiger partial charge is 0.508 e. The van der Waals surface area contributed by atoms with Gasteiger partial charge in [-0.15, -0.1) is 0 Å². The molecule has 0 saturated heterocycles. The van der Waals surface area contributed by atoms with Crippen molar-refractivity contribution in [1.82, 2.24) is 5.32 Å². The molecule has 1 atom stereocenters. The molecular weight excluding hydrogens is 216 g/mol. The number of phenolic OH excluding ortho intramolecular Hbond substituents is 1. The van der Waals surface area contributed by atoms with Crippen LogP contribution in [0.2, 0.25) is 0 Å². The minimum atomic E-state index is -0.204. The summed E-state index contributed by atoms with van der Waals surface area (Å²) in [5.74, 6) is 0.207. The van der Waals surface area contributed by atoms with Crippen LogP contribution in [0.15, 0.2) is 18.2 Å². The summed E-state index contributed by atoms with van der Waals surface area (Å²) < 4.78 is 0. The van der Waals surface area contributed by atoms with Crippen molar-refractivity contribution in [1.29, 1.82) is 0 Å². The molecule has 1 aromatic carbocycles. The molecule has 0 aliphatic carbocycles. The standard InChI is InChI=1S/C13H20N2O2/c1-8(2)11(7-14)15-13(17)10-5-4-9(3)12(16)6-10/h4-6,8,11,16H,7,14H2,1-3H3,(H,15,17). The summed E-state index contributed by atoms with van der Waals surface area (Å²) in [6.45, 7) is 6.20. The van der Waals surface area contributed by atoms with Gasteiger partial charge < -0.3 is 16.2 Å². The van der Waals surface area contributed by atoms with Crippen molar-refractivity contribution in [2.24, 2.45) is 11.7 Å². The maximum absolute atomic E-state index is 11.9. The number of hydrogen-bond donors (Lipinski definition) is 3. The van der Waals surface area contributed by atoms with Gasteiger partial charge in [0.1, 0.15) is 5.75 Å². The molecule has 0 aromatic heterocycles. The van der Waals surface area contributed by atoms with Gasteiger partial charge in [0.2, 0.25) is 0 Å². The lowest BCUT2D eigenvalue weighted by molar-refractivity contribution is 0.0927. The fourth-order valence-electron chi connectivity index (χ4n) is 1.50.